The number of hydrogen-bond acceptors (Lipinski definition) is 3. The minimum Gasteiger partial charge on any atom is -0.384 e. The molecule has 1 aromatic heterocycles. The Kier molecular flexibility index (Phi) is 5.78. The summed E-state index contributed by atoms with van der Waals surface area (Å²) in [6.45, 7) is 4.00. The molecule has 1 aromatic rings. The third kappa shape index (κ3) is 4.92. The molecule has 0 aliphatic rings. The fraction of sp³-hybridized carbons (Fsp3) is 0.200. The SMILES string of the molecule is CC.NC(=O)/C=C/c1ccc(N)nc1. The summed E-state index contributed by atoms with van der Waals surface area (Å²) in [7, 11) is 0. The van der Waals surface area contributed by atoms with Gasteiger partial charge in [-0.25, -0.2) is 4.98 Å². The lowest BCUT2D eigenvalue weighted by atomic mass is 10.2. The summed E-state index contributed by atoms with van der Waals surface area (Å²) >= 11 is 0. The second-order valence-electron chi connectivity index (χ2n) is 2.25. The van der Waals surface area contributed by atoms with E-state index in [1.807, 2.05) is 13.8 Å². The summed E-state index contributed by atoms with van der Waals surface area (Å²) in [6, 6.07) is 3.41. The standard InChI is InChI=1S/C8H9N3O.C2H6/c9-7-3-1-6(5-11-7)2-4-8(10)12;1-2/h1-5H,(H2,9,11)(H2,10,12);1-2H3/b4-2+;. The van der Waals surface area contributed by atoms with E-state index < -0.39 is 5.91 Å². The van der Waals surface area contributed by atoms with Crippen LogP contribution in [0.15, 0.2) is 24.4 Å². The van der Waals surface area contributed by atoms with Gasteiger partial charge in [0.15, 0.2) is 0 Å². The van der Waals surface area contributed by atoms with Crippen LogP contribution >= 0.6 is 0 Å². The Morgan fingerprint density at radius 1 is 1.43 bits per heavy atom. The molecular formula is C10H15N3O. The highest BCUT2D eigenvalue weighted by Gasteiger charge is 1.88. The highest BCUT2D eigenvalue weighted by molar-refractivity contribution is 5.90. The molecule has 0 aliphatic carbocycles. The number of hydrogen-bond donors (Lipinski definition) is 2. The van der Waals surface area contributed by atoms with Crippen molar-refractivity contribution >= 4 is 17.8 Å². The zero-order valence-electron chi connectivity index (χ0n) is 8.40. The third-order valence-electron chi connectivity index (χ3n) is 1.25. The fourth-order valence-corrected chi connectivity index (χ4v) is 0.694. The van der Waals surface area contributed by atoms with Gasteiger partial charge in [-0.1, -0.05) is 13.8 Å². The molecule has 0 radical (unpaired) electrons. The summed E-state index contributed by atoms with van der Waals surface area (Å²) in [5, 5.41) is 0. The maximum Gasteiger partial charge on any atom is 0.241 e. The molecule has 0 saturated carbocycles. The van der Waals surface area contributed by atoms with Crippen molar-refractivity contribution in [1.29, 1.82) is 0 Å². The molecule has 1 heterocycles. The van der Waals surface area contributed by atoms with Gasteiger partial charge in [0.05, 0.1) is 0 Å². The van der Waals surface area contributed by atoms with E-state index in [4.69, 9.17) is 11.5 Å². The summed E-state index contributed by atoms with van der Waals surface area (Å²) < 4.78 is 0. The van der Waals surface area contributed by atoms with Crippen LogP contribution < -0.4 is 11.5 Å². The van der Waals surface area contributed by atoms with Gasteiger partial charge in [0.25, 0.3) is 0 Å². The van der Waals surface area contributed by atoms with Crippen molar-refractivity contribution < 1.29 is 4.79 Å². The van der Waals surface area contributed by atoms with Crippen molar-refractivity contribution in [3.63, 3.8) is 0 Å². The molecule has 4 heteroatoms. The molecule has 14 heavy (non-hydrogen) atoms. The maximum atomic E-state index is 10.3. The van der Waals surface area contributed by atoms with Crippen LogP contribution in [-0.2, 0) is 4.79 Å². The first kappa shape index (κ1) is 12.2. The quantitative estimate of drug-likeness (QED) is 0.692. The second-order valence-corrected chi connectivity index (χ2v) is 2.25. The summed E-state index contributed by atoms with van der Waals surface area (Å²) in [6.07, 6.45) is 4.41. The van der Waals surface area contributed by atoms with Gasteiger partial charge in [-0.05, 0) is 23.8 Å². The number of amides is 1. The van der Waals surface area contributed by atoms with Crippen LogP contribution in [0.1, 0.15) is 19.4 Å². The van der Waals surface area contributed by atoms with E-state index in [0.717, 1.165) is 5.56 Å². The van der Waals surface area contributed by atoms with Gasteiger partial charge in [0.1, 0.15) is 5.82 Å². The summed E-state index contributed by atoms with van der Waals surface area (Å²) in [5.41, 5.74) is 11.0. The van der Waals surface area contributed by atoms with Gasteiger partial charge < -0.3 is 11.5 Å². The van der Waals surface area contributed by atoms with Crippen molar-refractivity contribution in [2.45, 2.75) is 13.8 Å². The Hall–Kier alpha value is -1.84. The topological polar surface area (TPSA) is 82.0 Å². The van der Waals surface area contributed by atoms with E-state index in [-0.39, 0.29) is 0 Å². The Morgan fingerprint density at radius 2 is 2.07 bits per heavy atom. The van der Waals surface area contributed by atoms with Crippen LogP contribution in [0.25, 0.3) is 6.08 Å². The average Bonchev–Trinajstić information content (AvgIpc) is 2.20. The number of nitrogens with zero attached hydrogens (tertiary/aromatic N) is 1. The number of anilines is 1. The van der Waals surface area contributed by atoms with Gasteiger partial charge in [-0.2, -0.15) is 0 Å². The van der Waals surface area contributed by atoms with Gasteiger partial charge in [-0.15, -0.1) is 0 Å². The van der Waals surface area contributed by atoms with Crippen LogP contribution in [0.4, 0.5) is 5.82 Å². The molecule has 4 nitrogen and oxygen atoms in total. The largest absolute Gasteiger partial charge is 0.384 e. The molecule has 4 N–H and O–H groups in total. The third-order valence-corrected chi connectivity index (χ3v) is 1.25. The zero-order chi connectivity index (χ0) is 11.0. The Morgan fingerprint density at radius 3 is 2.50 bits per heavy atom. The molecule has 1 rings (SSSR count). The number of nitrogen functional groups attached to an aromatic ring is 1. The minimum atomic E-state index is -0.480. The number of pyridine rings is 1. The van der Waals surface area contributed by atoms with E-state index in [0.29, 0.717) is 5.82 Å². The zero-order valence-corrected chi connectivity index (χ0v) is 8.40. The van der Waals surface area contributed by atoms with E-state index in [1.54, 1.807) is 24.4 Å². The molecule has 1 amide bonds. The first-order valence-electron chi connectivity index (χ1n) is 4.37. The summed E-state index contributed by atoms with van der Waals surface area (Å²) in [4.78, 5) is 14.2. The lowest BCUT2D eigenvalue weighted by molar-refractivity contribution is -0.113. The molecule has 0 fully saturated rings. The number of rotatable bonds is 2. The maximum absolute atomic E-state index is 10.3. The van der Waals surface area contributed by atoms with Gasteiger partial charge in [-0.3, -0.25) is 4.79 Å². The Labute approximate surface area is 83.6 Å². The van der Waals surface area contributed by atoms with E-state index in [9.17, 15) is 4.79 Å². The Balaban J connectivity index is 0.000000791. The number of carbonyl (C=O) groups excluding carboxylic acids is 1. The average molecular weight is 193 g/mol. The molecule has 76 valence electrons. The van der Waals surface area contributed by atoms with Gasteiger partial charge in [0, 0.05) is 12.3 Å². The molecule has 0 unspecified atom stereocenters. The highest BCUT2D eigenvalue weighted by atomic mass is 16.1. The normalized spacial score (nSPS) is 9.29. The molecule has 0 aliphatic heterocycles. The van der Waals surface area contributed by atoms with Crippen molar-refractivity contribution in [3.8, 4) is 0 Å². The highest BCUT2D eigenvalue weighted by Crippen LogP contribution is 2.02. The lowest BCUT2D eigenvalue weighted by Crippen LogP contribution is -2.05. The number of aromatic nitrogens is 1. The number of nitrogens with two attached hydrogens (primary N) is 2. The van der Waals surface area contributed by atoms with Gasteiger partial charge in [0.2, 0.25) is 5.91 Å². The lowest BCUT2D eigenvalue weighted by Gasteiger charge is -1.92. The molecular weight excluding hydrogens is 178 g/mol. The van der Waals surface area contributed by atoms with E-state index in [2.05, 4.69) is 4.98 Å². The predicted molar refractivity (Wildman–Crippen MR) is 58.2 cm³/mol. The Bertz CT molecular complexity index is 304. The molecule has 0 spiro atoms. The first-order chi connectivity index (χ1) is 6.68. The van der Waals surface area contributed by atoms with Crippen LogP contribution in [0, 0.1) is 0 Å². The van der Waals surface area contributed by atoms with Crippen LogP contribution in [-0.4, -0.2) is 10.9 Å². The first-order valence-corrected chi connectivity index (χ1v) is 4.37. The van der Waals surface area contributed by atoms with Crippen LogP contribution in [0.3, 0.4) is 0 Å². The van der Waals surface area contributed by atoms with Gasteiger partial charge >= 0.3 is 0 Å². The van der Waals surface area contributed by atoms with Crippen molar-refractivity contribution in [2.75, 3.05) is 5.73 Å². The molecule has 0 saturated heterocycles. The van der Waals surface area contributed by atoms with Crippen molar-refractivity contribution in [1.82, 2.24) is 4.98 Å². The summed E-state index contributed by atoms with van der Waals surface area (Å²) in [5.74, 6) is -0.0296. The van der Waals surface area contributed by atoms with Crippen molar-refractivity contribution in [2.24, 2.45) is 5.73 Å². The molecule has 0 aromatic carbocycles. The molecule has 0 bridgehead atoms. The fourth-order valence-electron chi connectivity index (χ4n) is 0.694. The van der Waals surface area contributed by atoms with Crippen LogP contribution in [0.2, 0.25) is 0 Å². The predicted octanol–water partition coefficient (Wildman–Crippen LogP) is 1.19. The minimum absolute atomic E-state index is 0.450. The number of primary amides is 1. The van der Waals surface area contributed by atoms with Crippen molar-refractivity contribution in [3.05, 3.63) is 30.0 Å². The van der Waals surface area contributed by atoms with Crippen LogP contribution in [0.5, 0.6) is 0 Å². The number of carbonyl (C=O) groups is 1. The second kappa shape index (κ2) is 6.65. The monoisotopic (exact) mass is 193 g/mol. The molecule has 0 atom stereocenters. The van der Waals surface area contributed by atoms with E-state index >= 15 is 0 Å². The van der Waals surface area contributed by atoms with E-state index in [1.165, 1.54) is 6.08 Å². The smallest absolute Gasteiger partial charge is 0.241 e.